The van der Waals surface area contributed by atoms with Crippen LogP contribution in [0.1, 0.15) is 22.2 Å². The summed E-state index contributed by atoms with van der Waals surface area (Å²) in [6.45, 7) is 1.76. The number of ether oxygens (including phenoxy) is 2. The normalized spacial score (nSPS) is 17.8. The Morgan fingerprint density at radius 3 is 2.35 bits per heavy atom. The first-order chi connectivity index (χ1) is 15.0. The molecule has 0 bridgehead atoms. The number of aliphatic hydroxyl groups excluding tert-OH is 1. The number of aliphatic hydroxyl groups is 1. The zero-order valence-corrected chi connectivity index (χ0v) is 17.8. The summed E-state index contributed by atoms with van der Waals surface area (Å²) in [7, 11) is 3.01. The van der Waals surface area contributed by atoms with Crippen LogP contribution in [0, 0.1) is 6.92 Å². The van der Waals surface area contributed by atoms with Crippen LogP contribution in [0.25, 0.3) is 5.76 Å². The minimum absolute atomic E-state index is 0.0312. The molecular formula is C22H19N3O5S. The second kappa shape index (κ2) is 8.19. The molecule has 0 aliphatic carbocycles. The summed E-state index contributed by atoms with van der Waals surface area (Å²) in [4.78, 5) is 27.4. The van der Waals surface area contributed by atoms with Crippen LogP contribution in [0.4, 0.5) is 5.13 Å². The van der Waals surface area contributed by atoms with E-state index in [1.165, 1.54) is 30.5 Å². The number of carbonyl (C=O) groups excluding carboxylic acids is 2. The van der Waals surface area contributed by atoms with Crippen LogP contribution >= 0.6 is 11.3 Å². The highest BCUT2D eigenvalue weighted by Gasteiger charge is 2.48. The standard InChI is InChI=1S/C22H19N3O5S/c1-12-23-24-22(31-12)25-18(14-9-10-15(29-2)16(11-14)30-3)17(20(27)21(25)28)19(26)13-7-5-4-6-8-13/h4-11,18,26H,1-3H3/t18-/m0/s1. The van der Waals surface area contributed by atoms with Crippen molar-refractivity contribution >= 4 is 33.9 Å². The Bertz CT molecular complexity index is 1190. The Balaban J connectivity index is 1.96. The topological polar surface area (TPSA) is 102 Å². The van der Waals surface area contributed by atoms with Crippen LogP contribution in [0.15, 0.2) is 54.1 Å². The molecule has 1 aliphatic rings. The van der Waals surface area contributed by atoms with Gasteiger partial charge in [-0.3, -0.25) is 14.5 Å². The molecule has 4 rings (SSSR count). The molecule has 1 saturated heterocycles. The van der Waals surface area contributed by atoms with Gasteiger partial charge in [0.2, 0.25) is 5.13 Å². The van der Waals surface area contributed by atoms with E-state index >= 15 is 0 Å². The molecule has 2 aromatic carbocycles. The number of anilines is 1. The summed E-state index contributed by atoms with van der Waals surface area (Å²) >= 11 is 1.19. The Hall–Kier alpha value is -3.72. The van der Waals surface area contributed by atoms with E-state index < -0.39 is 17.7 Å². The lowest BCUT2D eigenvalue weighted by Crippen LogP contribution is -2.29. The van der Waals surface area contributed by atoms with E-state index in [4.69, 9.17) is 9.47 Å². The quantitative estimate of drug-likeness (QED) is 0.370. The smallest absolute Gasteiger partial charge is 0.301 e. The van der Waals surface area contributed by atoms with Crippen molar-refractivity contribution < 1.29 is 24.2 Å². The molecule has 0 spiro atoms. The maximum Gasteiger partial charge on any atom is 0.301 e. The van der Waals surface area contributed by atoms with E-state index in [1.54, 1.807) is 55.5 Å². The van der Waals surface area contributed by atoms with Gasteiger partial charge >= 0.3 is 5.91 Å². The fourth-order valence-electron chi connectivity index (χ4n) is 3.50. The first-order valence-corrected chi connectivity index (χ1v) is 10.2. The number of aromatic nitrogens is 2. The lowest BCUT2D eigenvalue weighted by molar-refractivity contribution is -0.132. The van der Waals surface area contributed by atoms with Gasteiger partial charge in [-0.15, -0.1) is 10.2 Å². The highest BCUT2D eigenvalue weighted by molar-refractivity contribution is 7.15. The number of amides is 1. The highest BCUT2D eigenvalue weighted by Crippen LogP contribution is 2.44. The van der Waals surface area contributed by atoms with Gasteiger partial charge in [0.15, 0.2) is 11.5 Å². The zero-order chi connectivity index (χ0) is 22.1. The molecule has 1 N–H and O–H groups in total. The molecular weight excluding hydrogens is 418 g/mol. The van der Waals surface area contributed by atoms with Crippen LogP contribution in [0.2, 0.25) is 0 Å². The summed E-state index contributed by atoms with van der Waals surface area (Å²) < 4.78 is 10.7. The maximum absolute atomic E-state index is 13.1. The predicted molar refractivity (Wildman–Crippen MR) is 115 cm³/mol. The molecule has 9 heteroatoms. The summed E-state index contributed by atoms with van der Waals surface area (Å²) in [5, 5.41) is 20.0. The summed E-state index contributed by atoms with van der Waals surface area (Å²) in [6.07, 6.45) is 0. The fraction of sp³-hybridized carbons (Fsp3) is 0.182. The molecule has 1 aromatic heterocycles. The number of benzene rings is 2. The first-order valence-electron chi connectivity index (χ1n) is 9.34. The van der Waals surface area contributed by atoms with E-state index in [0.717, 1.165) is 0 Å². The average molecular weight is 437 g/mol. The Morgan fingerprint density at radius 2 is 1.74 bits per heavy atom. The number of nitrogens with zero attached hydrogens (tertiary/aromatic N) is 3. The SMILES string of the molecule is COc1ccc([C@H]2C(=C(O)c3ccccc3)C(=O)C(=O)N2c2nnc(C)s2)cc1OC. The Labute approximate surface area is 182 Å². The Morgan fingerprint density at radius 1 is 1.03 bits per heavy atom. The van der Waals surface area contributed by atoms with Gasteiger partial charge in [-0.1, -0.05) is 47.7 Å². The number of Topliss-reactive ketones (excluding diaryl/α,β-unsaturated/α-hetero) is 1. The highest BCUT2D eigenvalue weighted by atomic mass is 32.1. The molecule has 1 fully saturated rings. The molecule has 8 nitrogen and oxygen atoms in total. The molecule has 0 unspecified atom stereocenters. The minimum Gasteiger partial charge on any atom is -0.507 e. The van der Waals surface area contributed by atoms with Gasteiger partial charge < -0.3 is 14.6 Å². The molecule has 0 radical (unpaired) electrons. The lowest BCUT2D eigenvalue weighted by atomic mass is 9.95. The third-order valence-corrected chi connectivity index (χ3v) is 5.77. The number of ketones is 1. The second-order valence-corrected chi connectivity index (χ2v) is 7.91. The number of rotatable bonds is 5. The lowest BCUT2D eigenvalue weighted by Gasteiger charge is -2.23. The van der Waals surface area contributed by atoms with Crippen LogP contribution in [0.3, 0.4) is 0 Å². The first kappa shape index (κ1) is 20.5. The Kier molecular flexibility index (Phi) is 5.43. The fourth-order valence-corrected chi connectivity index (χ4v) is 4.22. The van der Waals surface area contributed by atoms with E-state index in [0.29, 0.717) is 27.6 Å². The number of hydrogen-bond acceptors (Lipinski definition) is 8. The average Bonchev–Trinajstić information content (AvgIpc) is 3.34. The predicted octanol–water partition coefficient (Wildman–Crippen LogP) is 3.49. The van der Waals surface area contributed by atoms with Crippen molar-refractivity contribution in [2.24, 2.45) is 0 Å². The number of carbonyl (C=O) groups is 2. The van der Waals surface area contributed by atoms with Crippen LogP contribution in [-0.4, -0.2) is 41.2 Å². The van der Waals surface area contributed by atoms with Gasteiger partial charge in [0.25, 0.3) is 5.78 Å². The van der Waals surface area contributed by atoms with Crippen molar-refractivity contribution in [1.29, 1.82) is 0 Å². The van der Waals surface area contributed by atoms with E-state index in [2.05, 4.69) is 10.2 Å². The van der Waals surface area contributed by atoms with Crippen LogP contribution in [0.5, 0.6) is 11.5 Å². The second-order valence-electron chi connectivity index (χ2n) is 6.75. The summed E-state index contributed by atoms with van der Waals surface area (Å²) in [6, 6.07) is 12.8. The molecule has 1 atom stereocenters. The molecule has 1 amide bonds. The third-order valence-electron chi connectivity index (χ3n) is 4.94. The van der Waals surface area contributed by atoms with Gasteiger partial charge in [0.1, 0.15) is 10.8 Å². The van der Waals surface area contributed by atoms with Crippen LogP contribution < -0.4 is 14.4 Å². The maximum atomic E-state index is 13.1. The van der Waals surface area contributed by atoms with E-state index in [9.17, 15) is 14.7 Å². The summed E-state index contributed by atoms with van der Waals surface area (Å²) in [5.41, 5.74) is 0.956. The van der Waals surface area contributed by atoms with Gasteiger partial charge in [-0.05, 0) is 24.6 Å². The van der Waals surface area contributed by atoms with Gasteiger partial charge in [0.05, 0.1) is 25.8 Å². The van der Waals surface area contributed by atoms with Crippen molar-refractivity contribution in [2.45, 2.75) is 13.0 Å². The number of aryl methyl sites for hydroxylation is 1. The van der Waals surface area contributed by atoms with Gasteiger partial charge in [-0.2, -0.15) is 0 Å². The minimum atomic E-state index is -0.910. The van der Waals surface area contributed by atoms with E-state index in [1.807, 2.05) is 0 Å². The number of hydrogen-bond donors (Lipinski definition) is 1. The largest absolute Gasteiger partial charge is 0.507 e. The summed E-state index contributed by atoms with van der Waals surface area (Å²) in [5.74, 6) is -0.915. The molecule has 0 saturated carbocycles. The van der Waals surface area contributed by atoms with Crippen molar-refractivity contribution in [3.63, 3.8) is 0 Å². The molecule has 1 aliphatic heterocycles. The van der Waals surface area contributed by atoms with E-state index in [-0.39, 0.29) is 16.5 Å². The van der Waals surface area contributed by atoms with Crippen molar-refractivity contribution in [2.75, 3.05) is 19.1 Å². The monoisotopic (exact) mass is 437 g/mol. The molecule has 2 heterocycles. The third kappa shape index (κ3) is 3.53. The van der Waals surface area contributed by atoms with Crippen molar-refractivity contribution in [1.82, 2.24) is 10.2 Å². The van der Waals surface area contributed by atoms with Crippen LogP contribution in [-0.2, 0) is 9.59 Å². The van der Waals surface area contributed by atoms with Gasteiger partial charge in [-0.25, -0.2) is 0 Å². The van der Waals surface area contributed by atoms with Crippen molar-refractivity contribution in [3.8, 4) is 11.5 Å². The van der Waals surface area contributed by atoms with Gasteiger partial charge in [0, 0.05) is 5.56 Å². The number of methoxy groups -OCH3 is 2. The zero-order valence-electron chi connectivity index (χ0n) is 17.0. The molecule has 3 aromatic rings. The van der Waals surface area contributed by atoms with Crippen molar-refractivity contribution in [3.05, 3.63) is 70.2 Å². The molecule has 158 valence electrons. The molecule has 31 heavy (non-hydrogen) atoms.